The van der Waals surface area contributed by atoms with Crippen LogP contribution in [0.3, 0.4) is 0 Å². The summed E-state index contributed by atoms with van der Waals surface area (Å²) in [5.41, 5.74) is 0.834. The van der Waals surface area contributed by atoms with Gasteiger partial charge in [0.25, 0.3) is 0 Å². The summed E-state index contributed by atoms with van der Waals surface area (Å²) in [6, 6.07) is 0. The minimum atomic E-state index is -0.498. The number of aryl methyl sites for hydroxylation is 1. The van der Waals surface area contributed by atoms with Crippen LogP contribution in [0.1, 0.15) is 10.7 Å². The van der Waals surface area contributed by atoms with Crippen LogP contribution >= 0.6 is 11.3 Å². The van der Waals surface area contributed by atoms with E-state index in [1.807, 2.05) is 12.3 Å². The van der Waals surface area contributed by atoms with E-state index in [9.17, 15) is 10.1 Å². The highest BCUT2D eigenvalue weighted by Gasteiger charge is 2.21. The van der Waals surface area contributed by atoms with Crippen molar-refractivity contribution in [3.63, 3.8) is 0 Å². The predicted molar refractivity (Wildman–Crippen MR) is 77.3 cm³/mol. The maximum absolute atomic E-state index is 11.1. The molecule has 0 unspecified atom stereocenters. The third kappa shape index (κ3) is 3.18. The van der Waals surface area contributed by atoms with Gasteiger partial charge < -0.3 is 10.6 Å². The zero-order valence-corrected chi connectivity index (χ0v) is 11.9. The van der Waals surface area contributed by atoms with Crippen molar-refractivity contribution in [1.82, 2.24) is 15.0 Å². The molecule has 8 nitrogen and oxygen atoms in total. The van der Waals surface area contributed by atoms with Gasteiger partial charge in [-0.05, 0) is 6.92 Å². The average molecular weight is 294 g/mol. The van der Waals surface area contributed by atoms with Gasteiger partial charge in [-0.3, -0.25) is 10.1 Å². The highest BCUT2D eigenvalue weighted by molar-refractivity contribution is 7.09. The zero-order valence-electron chi connectivity index (χ0n) is 11.1. The summed E-state index contributed by atoms with van der Waals surface area (Å²) in [4.78, 5) is 22.7. The van der Waals surface area contributed by atoms with Crippen molar-refractivity contribution in [3.8, 4) is 0 Å². The zero-order chi connectivity index (χ0) is 14.5. The molecule has 9 heteroatoms. The van der Waals surface area contributed by atoms with E-state index in [0.717, 1.165) is 10.7 Å². The minimum absolute atomic E-state index is 0.148. The summed E-state index contributed by atoms with van der Waals surface area (Å²) in [7, 11) is 1.58. The Morgan fingerprint density at radius 2 is 2.15 bits per heavy atom. The fraction of sp³-hybridized carbons (Fsp3) is 0.364. The fourth-order valence-electron chi connectivity index (χ4n) is 1.67. The van der Waals surface area contributed by atoms with Gasteiger partial charge in [0.2, 0.25) is 11.6 Å². The number of thiazole rings is 1. The van der Waals surface area contributed by atoms with Crippen LogP contribution in [0.15, 0.2) is 11.7 Å². The number of rotatable bonds is 6. The minimum Gasteiger partial charge on any atom is -0.367 e. The Morgan fingerprint density at radius 3 is 2.75 bits per heavy atom. The van der Waals surface area contributed by atoms with Crippen molar-refractivity contribution in [2.45, 2.75) is 13.3 Å². The molecule has 0 fully saturated rings. The molecule has 0 amide bonds. The van der Waals surface area contributed by atoms with Gasteiger partial charge in [0.05, 0.1) is 9.93 Å². The molecular weight excluding hydrogens is 280 g/mol. The third-order valence-electron chi connectivity index (χ3n) is 2.54. The van der Waals surface area contributed by atoms with Crippen LogP contribution in [0.2, 0.25) is 0 Å². The molecule has 0 aliphatic rings. The molecule has 0 saturated carbocycles. The first kappa shape index (κ1) is 14.1. The molecule has 106 valence electrons. The maximum Gasteiger partial charge on any atom is 0.353 e. The van der Waals surface area contributed by atoms with Crippen molar-refractivity contribution in [3.05, 3.63) is 32.5 Å². The van der Waals surface area contributed by atoms with E-state index < -0.39 is 4.92 Å². The Balaban J connectivity index is 2.07. The van der Waals surface area contributed by atoms with Crippen LogP contribution in [-0.2, 0) is 6.42 Å². The Hall–Kier alpha value is -2.29. The summed E-state index contributed by atoms with van der Waals surface area (Å²) in [6.45, 7) is 2.45. The van der Waals surface area contributed by atoms with Gasteiger partial charge in [-0.1, -0.05) is 0 Å². The Bertz CT molecular complexity index is 615. The number of nitrogens with zero attached hydrogens (tertiary/aromatic N) is 4. The van der Waals surface area contributed by atoms with Crippen molar-refractivity contribution in [2.75, 3.05) is 24.2 Å². The van der Waals surface area contributed by atoms with Gasteiger partial charge in [-0.2, -0.15) is 0 Å². The van der Waals surface area contributed by atoms with Crippen LogP contribution in [0.4, 0.5) is 17.3 Å². The molecule has 2 rings (SSSR count). The SMILES string of the molecule is CNc1ncnc(NCCc2nc(C)cs2)c1[N+](=O)[O-]. The quantitative estimate of drug-likeness (QED) is 0.618. The Morgan fingerprint density at radius 1 is 1.40 bits per heavy atom. The van der Waals surface area contributed by atoms with Crippen LogP contribution in [0.5, 0.6) is 0 Å². The maximum atomic E-state index is 11.1. The Labute approximate surface area is 119 Å². The molecule has 0 radical (unpaired) electrons. The number of anilines is 2. The first-order chi connectivity index (χ1) is 9.61. The standard InChI is InChI=1S/C11H14N6O2S/c1-7-5-20-8(16-7)3-4-13-11-9(17(18)19)10(12-2)14-6-15-11/h5-6H,3-4H2,1-2H3,(H2,12,13,14,15). The second-order valence-electron chi connectivity index (χ2n) is 3.99. The molecule has 2 aromatic rings. The molecule has 0 spiro atoms. The lowest BCUT2D eigenvalue weighted by Crippen LogP contribution is -2.10. The normalized spacial score (nSPS) is 10.3. The fourth-order valence-corrected chi connectivity index (χ4v) is 2.45. The van der Waals surface area contributed by atoms with Gasteiger partial charge in [-0.15, -0.1) is 11.3 Å². The average Bonchev–Trinajstić information content (AvgIpc) is 2.83. The van der Waals surface area contributed by atoms with E-state index in [1.165, 1.54) is 6.33 Å². The summed E-state index contributed by atoms with van der Waals surface area (Å²) in [6.07, 6.45) is 1.98. The topological polar surface area (TPSA) is 106 Å². The molecule has 2 N–H and O–H groups in total. The number of hydrogen-bond acceptors (Lipinski definition) is 8. The van der Waals surface area contributed by atoms with Gasteiger partial charge in [0.1, 0.15) is 6.33 Å². The summed E-state index contributed by atoms with van der Waals surface area (Å²) in [5.74, 6) is 0.403. The molecule has 0 atom stereocenters. The van der Waals surface area contributed by atoms with Gasteiger partial charge in [0, 0.05) is 31.1 Å². The van der Waals surface area contributed by atoms with Crippen molar-refractivity contribution in [2.24, 2.45) is 0 Å². The van der Waals surface area contributed by atoms with E-state index in [-0.39, 0.29) is 17.3 Å². The third-order valence-corrected chi connectivity index (χ3v) is 3.57. The van der Waals surface area contributed by atoms with Crippen molar-refractivity contribution in [1.29, 1.82) is 0 Å². The lowest BCUT2D eigenvalue weighted by Gasteiger charge is -2.07. The first-order valence-electron chi connectivity index (χ1n) is 5.94. The van der Waals surface area contributed by atoms with Gasteiger partial charge in [0.15, 0.2) is 0 Å². The molecule has 0 aliphatic carbocycles. The second-order valence-corrected chi connectivity index (χ2v) is 4.93. The smallest absolute Gasteiger partial charge is 0.353 e. The van der Waals surface area contributed by atoms with Crippen LogP contribution in [-0.4, -0.2) is 33.5 Å². The van der Waals surface area contributed by atoms with Gasteiger partial charge >= 0.3 is 5.69 Å². The van der Waals surface area contributed by atoms with E-state index in [4.69, 9.17) is 0 Å². The molecule has 2 aromatic heterocycles. The number of hydrogen-bond donors (Lipinski definition) is 2. The van der Waals surface area contributed by atoms with E-state index >= 15 is 0 Å². The largest absolute Gasteiger partial charge is 0.367 e. The Kier molecular flexibility index (Phi) is 4.41. The van der Waals surface area contributed by atoms with Crippen LogP contribution < -0.4 is 10.6 Å². The summed E-state index contributed by atoms with van der Waals surface area (Å²) in [5, 5.41) is 19.7. The van der Waals surface area contributed by atoms with E-state index in [2.05, 4.69) is 25.6 Å². The van der Waals surface area contributed by atoms with Crippen LogP contribution in [0, 0.1) is 17.0 Å². The molecule has 0 saturated heterocycles. The first-order valence-corrected chi connectivity index (χ1v) is 6.81. The second kappa shape index (κ2) is 6.24. The number of nitro groups is 1. The molecule has 20 heavy (non-hydrogen) atoms. The molecular formula is C11H14N6O2S. The number of aromatic nitrogens is 3. The van der Waals surface area contributed by atoms with Gasteiger partial charge in [-0.25, -0.2) is 15.0 Å². The predicted octanol–water partition coefficient (Wildman–Crippen LogP) is 1.85. The molecule has 0 bridgehead atoms. The van der Waals surface area contributed by atoms with Crippen molar-refractivity contribution >= 4 is 28.7 Å². The van der Waals surface area contributed by atoms with E-state index in [0.29, 0.717) is 13.0 Å². The lowest BCUT2D eigenvalue weighted by molar-refractivity contribution is -0.383. The van der Waals surface area contributed by atoms with E-state index in [1.54, 1.807) is 18.4 Å². The lowest BCUT2D eigenvalue weighted by atomic mass is 10.4. The van der Waals surface area contributed by atoms with Crippen molar-refractivity contribution < 1.29 is 4.92 Å². The molecule has 2 heterocycles. The summed E-state index contributed by atoms with van der Waals surface area (Å²) < 4.78 is 0. The number of nitrogens with one attached hydrogen (secondary N) is 2. The highest BCUT2D eigenvalue weighted by Crippen LogP contribution is 2.28. The molecule has 0 aromatic carbocycles. The monoisotopic (exact) mass is 294 g/mol. The highest BCUT2D eigenvalue weighted by atomic mass is 32.1. The van der Waals surface area contributed by atoms with Crippen LogP contribution in [0.25, 0.3) is 0 Å². The summed E-state index contributed by atoms with van der Waals surface area (Å²) >= 11 is 1.57. The molecule has 0 aliphatic heterocycles.